The van der Waals surface area contributed by atoms with E-state index < -0.39 is 5.91 Å². The van der Waals surface area contributed by atoms with Gasteiger partial charge in [0.2, 0.25) is 0 Å². The van der Waals surface area contributed by atoms with E-state index in [0.717, 1.165) is 43.5 Å². The van der Waals surface area contributed by atoms with E-state index in [0.29, 0.717) is 17.8 Å². The van der Waals surface area contributed by atoms with E-state index >= 15 is 0 Å². The van der Waals surface area contributed by atoms with Crippen molar-refractivity contribution < 1.29 is 4.79 Å². The third-order valence-corrected chi connectivity index (χ3v) is 8.96. The number of amides is 1. The van der Waals surface area contributed by atoms with Crippen LogP contribution in [0.25, 0.3) is 0 Å². The zero-order valence-electron chi connectivity index (χ0n) is 22.7. The summed E-state index contributed by atoms with van der Waals surface area (Å²) in [6.45, 7) is 4.16. The molecule has 1 atom stereocenters. The number of hydrogen-bond acceptors (Lipinski definition) is 9. The second kappa shape index (κ2) is 12.6. The lowest BCUT2D eigenvalue weighted by Crippen LogP contribution is -2.44. The Bertz CT molecular complexity index is 1070. The number of likely N-dealkylation sites (tertiary alicyclic amines) is 1. The van der Waals surface area contributed by atoms with Crippen molar-refractivity contribution in [1.29, 1.82) is 0 Å². The van der Waals surface area contributed by atoms with Crippen molar-refractivity contribution >= 4 is 35.4 Å². The first kappa shape index (κ1) is 27.2. The van der Waals surface area contributed by atoms with E-state index in [1.807, 2.05) is 18.4 Å². The monoisotopic (exact) mass is 538 g/mol. The van der Waals surface area contributed by atoms with Gasteiger partial charge in [-0.15, -0.1) is 0 Å². The van der Waals surface area contributed by atoms with Gasteiger partial charge in [-0.1, -0.05) is 25.0 Å². The molecule has 3 aliphatic rings. The van der Waals surface area contributed by atoms with Crippen LogP contribution in [0.15, 0.2) is 30.5 Å². The Balaban J connectivity index is 1.23. The van der Waals surface area contributed by atoms with Gasteiger partial charge in [-0.2, -0.15) is 0 Å². The van der Waals surface area contributed by atoms with Gasteiger partial charge in [0, 0.05) is 43.0 Å². The number of anilines is 3. The number of rotatable bonds is 9. The highest BCUT2D eigenvalue weighted by molar-refractivity contribution is 7.95. The highest BCUT2D eigenvalue weighted by Gasteiger charge is 2.28. The minimum Gasteiger partial charge on any atom is -0.364 e. The molecule has 1 aliphatic carbocycles. The highest BCUT2D eigenvalue weighted by Crippen LogP contribution is 2.33. The fourth-order valence-corrected chi connectivity index (χ4v) is 6.66. The number of piperidine rings is 2. The summed E-state index contributed by atoms with van der Waals surface area (Å²) < 4.78 is 5.56. The molecule has 4 N–H and O–H groups in total. The van der Waals surface area contributed by atoms with E-state index in [2.05, 4.69) is 49.1 Å². The third kappa shape index (κ3) is 6.77. The molecular weight excluding hydrogens is 496 g/mol. The van der Waals surface area contributed by atoms with Gasteiger partial charge in [-0.3, -0.25) is 4.79 Å². The van der Waals surface area contributed by atoms with Crippen LogP contribution in [0.5, 0.6) is 0 Å². The lowest BCUT2D eigenvalue weighted by atomic mass is 9.88. The van der Waals surface area contributed by atoms with E-state index in [-0.39, 0.29) is 5.69 Å². The molecule has 0 unspecified atom stereocenters. The lowest BCUT2D eigenvalue weighted by Gasteiger charge is -2.36. The van der Waals surface area contributed by atoms with Gasteiger partial charge in [-0.05, 0) is 89.3 Å². The Morgan fingerprint density at radius 3 is 2.45 bits per heavy atom. The molecule has 3 fully saturated rings. The van der Waals surface area contributed by atoms with Gasteiger partial charge in [0.25, 0.3) is 5.91 Å². The largest absolute Gasteiger partial charge is 0.364 e. The van der Waals surface area contributed by atoms with E-state index in [9.17, 15) is 4.79 Å². The average molecular weight is 539 g/mol. The first-order valence-electron chi connectivity index (χ1n) is 14.1. The van der Waals surface area contributed by atoms with Crippen LogP contribution in [-0.2, 0) is 0 Å². The molecule has 2 saturated heterocycles. The quantitative estimate of drug-likeness (QED) is 0.407. The smallest absolute Gasteiger partial charge is 0.271 e. The summed E-state index contributed by atoms with van der Waals surface area (Å²) in [6.07, 6.45) is 11.8. The molecule has 5 rings (SSSR count). The topological polar surface area (TPSA) is 103 Å². The maximum absolute atomic E-state index is 12.1. The molecule has 1 saturated carbocycles. The normalized spacial score (nSPS) is 21.8. The van der Waals surface area contributed by atoms with Gasteiger partial charge in [-0.25, -0.2) is 19.0 Å². The molecule has 9 nitrogen and oxygen atoms in total. The van der Waals surface area contributed by atoms with E-state index in [1.165, 1.54) is 57.2 Å². The van der Waals surface area contributed by atoms with Gasteiger partial charge in [0.05, 0.1) is 6.20 Å². The summed E-state index contributed by atoms with van der Waals surface area (Å²) >= 11 is 1.61. The molecule has 206 valence electrons. The number of hydrogen-bond donors (Lipinski definition) is 3. The predicted molar refractivity (Wildman–Crippen MR) is 156 cm³/mol. The van der Waals surface area contributed by atoms with Crippen LogP contribution in [-0.4, -0.2) is 77.4 Å². The van der Waals surface area contributed by atoms with Crippen LogP contribution in [0, 0.1) is 0 Å². The van der Waals surface area contributed by atoms with Crippen LogP contribution < -0.4 is 20.7 Å². The molecule has 1 aromatic carbocycles. The van der Waals surface area contributed by atoms with Crippen molar-refractivity contribution in [3.05, 3.63) is 41.7 Å². The van der Waals surface area contributed by atoms with Crippen LogP contribution in [0.3, 0.4) is 0 Å². The van der Waals surface area contributed by atoms with Gasteiger partial charge in [0.1, 0.15) is 5.82 Å². The summed E-state index contributed by atoms with van der Waals surface area (Å²) in [4.78, 5) is 26.3. The summed E-state index contributed by atoms with van der Waals surface area (Å²) in [5.41, 5.74) is 8.08. The molecule has 2 aliphatic heterocycles. The van der Waals surface area contributed by atoms with Crippen LogP contribution >= 0.6 is 12.1 Å². The number of benzene rings is 1. The molecule has 1 aromatic heterocycles. The van der Waals surface area contributed by atoms with Crippen molar-refractivity contribution in [2.45, 2.75) is 69.4 Å². The van der Waals surface area contributed by atoms with Crippen molar-refractivity contribution in [3.63, 3.8) is 0 Å². The summed E-state index contributed by atoms with van der Waals surface area (Å²) in [5.74, 6) is 1.19. The Hall–Kier alpha value is -2.40. The number of nitrogens with two attached hydrogens (primary N) is 1. The Morgan fingerprint density at radius 2 is 1.76 bits per heavy atom. The summed E-state index contributed by atoms with van der Waals surface area (Å²) in [7, 11) is 4.05. The van der Waals surface area contributed by atoms with Crippen molar-refractivity contribution in [2.75, 3.05) is 50.5 Å². The molecule has 2 aromatic rings. The van der Waals surface area contributed by atoms with Gasteiger partial charge < -0.3 is 20.9 Å². The van der Waals surface area contributed by atoms with Crippen LogP contribution in [0.2, 0.25) is 0 Å². The molecule has 0 bridgehead atoms. The van der Waals surface area contributed by atoms with E-state index in [4.69, 9.17) is 10.7 Å². The second-order valence-corrected chi connectivity index (χ2v) is 12.2. The first-order valence-corrected chi connectivity index (χ1v) is 14.9. The SMILES string of the molecule is CN(C)SN[C@@H]1CCCN(c2cnc(C(N)=O)c(Nc3ccc(C4CCN(C5CCCC5)CC4)cc3)n2)C1. The number of primary amides is 1. The van der Waals surface area contributed by atoms with Gasteiger partial charge in [0.15, 0.2) is 11.5 Å². The Morgan fingerprint density at radius 1 is 1.03 bits per heavy atom. The number of carbonyl (C=O) groups is 1. The molecule has 38 heavy (non-hydrogen) atoms. The number of carbonyl (C=O) groups excluding carboxylic acids is 1. The first-order chi connectivity index (χ1) is 18.5. The summed E-state index contributed by atoms with van der Waals surface area (Å²) in [5, 5.41) is 3.32. The molecule has 0 radical (unpaired) electrons. The maximum atomic E-state index is 12.1. The van der Waals surface area contributed by atoms with Crippen molar-refractivity contribution in [3.8, 4) is 0 Å². The zero-order valence-corrected chi connectivity index (χ0v) is 23.6. The van der Waals surface area contributed by atoms with Crippen molar-refractivity contribution in [1.82, 2.24) is 23.9 Å². The molecule has 3 heterocycles. The zero-order chi connectivity index (χ0) is 26.5. The maximum Gasteiger partial charge on any atom is 0.271 e. The van der Waals surface area contributed by atoms with Crippen LogP contribution in [0.1, 0.15) is 73.3 Å². The Labute approximate surface area is 231 Å². The molecule has 1 amide bonds. The minimum absolute atomic E-state index is 0.159. The minimum atomic E-state index is -0.585. The number of nitrogens with one attached hydrogen (secondary N) is 2. The molecular formula is C28H42N8OS. The Kier molecular flexibility index (Phi) is 9.04. The molecule has 0 spiro atoms. The van der Waals surface area contributed by atoms with E-state index in [1.54, 1.807) is 18.3 Å². The summed E-state index contributed by atoms with van der Waals surface area (Å²) in [6, 6.07) is 9.75. The number of aromatic nitrogens is 2. The number of nitrogens with zero attached hydrogens (tertiary/aromatic N) is 5. The fraction of sp³-hybridized carbons (Fsp3) is 0.607. The third-order valence-electron chi connectivity index (χ3n) is 8.16. The standard InChI is InChI=1S/C28H42N8OS/c1-34(2)38-33-23-6-5-15-36(19-23)25-18-30-26(27(29)37)28(32-25)31-22-11-9-20(10-12-22)21-13-16-35(17-14-21)24-7-3-4-8-24/h9-12,18,21,23-24,33H,3-8,13-17,19H2,1-2H3,(H2,29,37)(H,31,32)/t23-/m1/s1. The van der Waals surface area contributed by atoms with Gasteiger partial charge >= 0.3 is 0 Å². The second-order valence-electron chi connectivity index (χ2n) is 11.1. The molecule has 10 heteroatoms. The average Bonchev–Trinajstić information content (AvgIpc) is 3.48. The predicted octanol–water partition coefficient (Wildman–Crippen LogP) is 4.12. The van der Waals surface area contributed by atoms with Crippen LogP contribution in [0.4, 0.5) is 17.3 Å². The fourth-order valence-electron chi connectivity index (χ4n) is 6.10. The van der Waals surface area contributed by atoms with Crippen molar-refractivity contribution in [2.24, 2.45) is 5.73 Å². The highest BCUT2D eigenvalue weighted by atomic mass is 32.2. The lowest BCUT2D eigenvalue weighted by molar-refractivity contribution is 0.0996.